The van der Waals surface area contributed by atoms with Gasteiger partial charge in [-0.15, -0.1) is 0 Å². The summed E-state index contributed by atoms with van der Waals surface area (Å²) in [6.07, 6.45) is 5.41. The highest BCUT2D eigenvalue weighted by Crippen LogP contribution is 2.25. The van der Waals surface area contributed by atoms with Gasteiger partial charge in [-0.25, -0.2) is 0 Å². The van der Waals surface area contributed by atoms with Crippen LogP contribution in [-0.4, -0.2) is 12.3 Å². The molecule has 0 rings (SSSR count). The molecule has 0 heterocycles. The molecule has 0 aromatic carbocycles. The second kappa shape index (κ2) is 10.1. The van der Waals surface area contributed by atoms with Gasteiger partial charge in [0.1, 0.15) is 0 Å². The number of nitrogens with one attached hydrogen (secondary N) is 1. The second-order valence-electron chi connectivity index (χ2n) is 7.05. The van der Waals surface area contributed by atoms with Crippen molar-refractivity contribution in [1.29, 1.82) is 5.41 Å². The predicted octanol–water partition coefficient (Wildman–Crippen LogP) is 5.18. The molecule has 0 saturated heterocycles. The summed E-state index contributed by atoms with van der Waals surface area (Å²) >= 11 is 0. The molecule has 0 aliphatic rings. The van der Waals surface area contributed by atoms with Gasteiger partial charge in [-0.05, 0) is 68.9 Å². The molecular formula is C18H36N2. The van der Waals surface area contributed by atoms with Crippen molar-refractivity contribution in [1.82, 2.24) is 0 Å². The quantitative estimate of drug-likeness (QED) is 0.420. The molecule has 2 nitrogen and oxygen atoms in total. The Morgan fingerprint density at radius 3 is 2.05 bits per heavy atom. The highest BCUT2D eigenvalue weighted by molar-refractivity contribution is 5.99. The third-order valence-corrected chi connectivity index (χ3v) is 3.75. The fourth-order valence-electron chi connectivity index (χ4n) is 2.88. The van der Waals surface area contributed by atoms with Crippen molar-refractivity contribution in [3.8, 4) is 0 Å². The monoisotopic (exact) mass is 280 g/mol. The van der Waals surface area contributed by atoms with E-state index < -0.39 is 0 Å². The number of unbranched alkanes of at least 4 members (excludes halogenated alkanes) is 1. The van der Waals surface area contributed by atoms with E-state index in [1.54, 1.807) is 0 Å². The maximum atomic E-state index is 8.57. The highest BCUT2D eigenvalue weighted by atomic mass is 14.5. The van der Waals surface area contributed by atoms with Crippen LogP contribution in [0.2, 0.25) is 0 Å². The smallest absolute Gasteiger partial charge is 0.0373 e. The van der Waals surface area contributed by atoms with Crippen LogP contribution in [0.4, 0.5) is 0 Å². The van der Waals surface area contributed by atoms with Gasteiger partial charge in [0.2, 0.25) is 0 Å². The molecule has 0 aliphatic carbocycles. The van der Waals surface area contributed by atoms with Crippen molar-refractivity contribution in [3.05, 3.63) is 11.1 Å². The molecule has 0 saturated carbocycles. The largest absolute Gasteiger partial charge is 0.330 e. The summed E-state index contributed by atoms with van der Waals surface area (Å²) in [5, 5.41) is 8.57. The van der Waals surface area contributed by atoms with Crippen LogP contribution >= 0.6 is 0 Å². The molecular weight excluding hydrogens is 244 g/mol. The van der Waals surface area contributed by atoms with Crippen molar-refractivity contribution in [2.75, 3.05) is 6.54 Å². The summed E-state index contributed by atoms with van der Waals surface area (Å²) < 4.78 is 0. The summed E-state index contributed by atoms with van der Waals surface area (Å²) in [6, 6.07) is 0. The minimum atomic E-state index is 0.366. The van der Waals surface area contributed by atoms with Crippen LogP contribution < -0.4 is 5.73 Å². The standard InChI is InChI=1S/C18H36N2/c1-13(2)11-15(5)17(9-7-8-10-19)18(20)16(6)12-14(3)4/h13-14,16,20H,7-12,19H2,1-6H3. The zero-order chi connectivity index (χ0) is 15.7. The Kier molecular flexibility index (Phi) is 9.83. The Morgan fingerprint density at radius 1 is 1.00 bits per heavy atom. The Bertz CT molecular complexity index is 313. The Balaban J connectivity index is 4.95. The summed E-state index contributed by atoms with van der Waals surface area (Å²) in [7, 11) is 0. The number of rotatable bonds is 10. The van der Waals surface area contributed by atoms with E-state index in [0.29, 0.717) is 17.8 Å². The van der Waals surface area contributed by atoms with Gasteiger partial charge in [-0.3, -0.25) is 0 Å². The normalized spacial score (nSPS) is 14.7. The fraction of sp³-hybridized carbons (Fsp3) is 0.833. The molecule has 0 amide bonds. The topological polar surface area (TPSA) is 49.9 Å². The second-order valence-corrected chi connectivity index (χ2v) is 7.05. The lowest BCUT2D eigenvalue weighted by molar-refractivity contribution is 0.518. The van der Waals surface area contributed by atoms with Gasteiger partial charge in [-0.1, -0.05) is 40.2 Å². The summed E-state index contributed by atoms with van der Waals surface area (Å²) in [6.45, 7) is 14.2. The van der Waals surface area contributed by atoms with E-state index in [1.165, 1.54) is 11.1 Å². The van der Waals surface area contributed by atoms with Crippen LogP contribution in [-0.2, 0) is 0 Å². The molecule has 0 bridgehead atoms. The number of hydrogen-bond donors (Lipinski definition) is 2. The van der Waals surface area contributed by atoms with Crippen LogP contribution in [0.5, 0.6) is 0 Å². The summed E-state index contributed by atoms with van der Waals surface area (Å²) in [4.78, 5) is 0. The zero-order valence-electron chi connectivity index (χ0n) is 14.6. The van der Waals surface area contributed by atoms with Crippen molar-refractivity contribution in [2.24, 2.45) is 23.5 Å². The molecule has 0 aromatic rings. The minimum Gasteiger partial charge on any atom is -0.330 e. The average Bonchev–Trinajstić information content (AvgIpc) is 2.32. The minimum absolute atomic E-state index is 0.366. The number of nitrogens with two attached hydrogens (primary N) is 1. The fourth-order valence-corrected chi connectivity index (χ4v) is 2.88. The Morgan fingerprint density at radius 2 is 1.60 bits per heavy atom. The van der Waals surface area contributed by atoms with E-state index in [0.717, 1.165) is 44.4 Å². The first-order chi connectivity index (χ1) is 9.29. The maximum absolute atomic E-state index is 8.57. The number of hydrogen-bond acceptors (Lipinski definition) is 2. The van der Waals surface area contributed by atoms with Gasteiger partial charge in [0.15, 0.2) is 0 Å². The Hall–Kier alpha value is -0.630. The van der Waals surface area contributed by atoms with E-state index in [1.807, 2.05) is 0 Å². The van der Waals surface area contributed by atoms with Crippen molar-refractivity contribution < 1.29 is 0 Å². The first-order valence-electron chi connectivity index (χ1n) is 8.27. The van der Waals surface area contributed by atoms with Crippen LogP contribution in [0.1, 0.15) is 73.6 Å². The summed E-state index contributed by atoms with van der Waals surface area (Å²) in [5.74, 6) is 1.68. The molecule has 2 heteroatoms. The molecule has 1 atom stereocenters. The predicted molar refractivity (Wildman–Crippen MR) is 91.4 cm³/mol. The van der Waals surface area contributed by atoms with Crippen LogP contribution in [0, 0.1) is 23.2 Å². The van der Waals surface area contributed by atoms with Gasteiger partial charge in [-0.2, -0.15) is 0 Å². The van der Waals surface area contributed by atoms with Gasteiger partial charge in [0, 0.05) is 5.71 Å². The van der Waals surface area contributed by atoms with Crippen LogP contribution in [0.3, 0.4) is 0 Å². The van der Waals surface area contributed by atoms with Crippen molar-refractivity contribution >= 4 is 5.71 Å². The lowest BCUT2D eigenvalue weighted by Crippen LogP contribution is -2.17. The van der Waals surface area contributed by atoms with Gasteiger partial charge in [0.05, 0.1) is 0 Å². The molecule has 1 unspecified atom stereocenters. The van der Waals surface area contributed by atoms with Crippen LogP contribution in [0.15, 0.2) is 11.1 Å². The molecule has 20 heavy (non-hydrogen) atoms. The van der Waals surface area contributed by atoms with E-state index in [2.05, 4.69) is 41.5 Å². The third-order valence-electron chi connectivity index (χ3n) is 3.75. The molecule has 0 aromatic heterocycles. The van der Waals surface area contributed by atoms with Crippen LogP contribution in [0.25, 0.3) is 0 Å². The molecule has 3 N–H and O–H groups in total. The summed E-state index contributed by atoms with van der Waals surface area (Å²) in [5.41, 5.74) is 9.19. The van der Waals surface area contributed by atoms with Crippen molar-refractivity contribution in [2.45, 2.75) is 73.6 Å². The van der Waals surface area contributed by atoms with E-state index in [4.69, 9.17) is 11.1 Å². The lowest BCUT2D eigenvalue weighted by atomic mass is 9.85. The number of allylic oxidation sites excluding steroid dienone is 2. The molecule has 0 spiro atoms. The molecule has 0 fully saturated rings. The van der Waals surface area contributed by atoms with E-state index in [9.17, 15) is 0 Å². The molecule has 0 aliphatic heterocycles. The van der Waals surface area contributed by atoms with Gasteiger partial charge in [0.25, 0.3) is 0 Å². The lowest BCUT2D eigenvalue weighted by Gasteiger charge is -2.21. The zero-order valence-corrected chi connectivity index (χ0v) is 14.6. The van der Waals surface area contributed by atoms with E-state index >= 15 is 0 Å². The third kappa shape index (κ3) is 7.84. The van der Waals surface area contributed by atoms with Gasteiger partial charge >= 0.3 is 0 Å². The molecule has 118 valence electrons. The maximum Gasteiger partial charge on any atom is 0.0373 e. The first kappa shape index (κ1) is 19.4. The Labute approximate surface area is 126 Å². The average molecular weight is 280 g/mol. The van der Waals surface area contributed by atoms with Crippen molar-refractivity contribution in [3.63, 3.8) is 0 Å². The van der Waals surface area contributed by atoms with Gasteiger partial charge < -0.3 is 11.1 Å². The molecule has 0 radical (unpaired) electrons. The first-order valence-corrected chi connectivity index (χ1v) is 8.27. The SMILES string of the molecule is CC(CC(C)C)=C(CCCCN)C(=N)C(C)CC(C)C. The highest BCUT2D eigenvalue weighted by Gasteiger charge is 2.17. The van der Waals surface area contributed by atoms with E-state index in [-0.39, 0.29) is 0 Å².